The Labute approximate surface area is 134 Å². The minimum atomic E-state index is -3.43. The fraction of sp³-hybridized carbons (Fsp3) is 0.333. The van der Waals surface area contributed by atoms with Crippen LogP contribution in [-0.2, 0) is 16.9 Å². The second-order valence-corrected chi connectivity index (χ2v) is 7.48. The quantitative estimate of drug-likeness (QED) is 0.828. The molecule has 1 amide bonds. The van der Waals surface area contributed by atoms with Crippen LogP contribution >= 0.6 is 0 Å². The number of aryl methyl sites for hydroxylation is 2. The zero-order valence-electron chi connectivity index (χ0n) is 13.4. The monoisotopic (exact) mass is 337 g/mol. The molecule has 1 heterocycles. The maximum atomic E-state index is 12.4. The third-order valence-corrected chi connectivity index (χ3v) is 5.42. The highest BCUT2D eigenvalue weighted by molar-refractivity contribution is 7.91. The van der Waals surface area contributed by atoms with Gasteiger partial charge in [0.15, 0.2) is 9.84 Å². The number of aromatic nitrogens is 2. The summed E-state index contributed by atoms with van der Waals surface area (Å²) in [6.07, 6.45) is 0. The number of anilines is 1. The Bertz CT molecular complexity index is 869. The Kier molecular flexibility index (Phi) is 4.46. The fourth-order valence-corrected chi connectivity index (χ4v) is 3.17. The van der Waals surface area contributed by atoms with Crippen LogP contribution in [0.2, 0.25) is 0 Å². The summed E-state index contributed by atoms with van der Waals surface area (Å²) in [5, 5.41) is 16.6. The van der Waals surface area contributed by atoms with Crippen LogP contribution < -0.4 is 5.32 Å². The smallest absolute Gasteiger partial charge is 0.259 e. The third kappa shape index (κ3) is 3.21. The van der Waals surface area contributed by atoms with Crippen LogP contribution in [0.3, 0.4) is 0 Å². The van der Waals surface area contributed by atoms with Crippen molar-refractivity contribution in [2.24, 2.45) is 7.05 Å². The summed E-state index contributed by atoms with van der Waals surface area (Å²) < 4.78 is 25.4. The van der Waals surface area contributed by atoms with E-state index in [9.17, 15) is 18.3 Å². The average molecular weight is 337 g/mol. The van der Waals surface area contributed by atoms with Crippen molar-refractivity contribution in [1.29, 1.82) is 0 Å². The number of nitrogens with zero attached hydrogens (tertiary/aromatic N) is 2. The summed E-state index contributed by atoms with van der Waals surface area (Å²) in [5.41, 5.74) is 1.68. The lowest BCUT2D eigenvalue weighted by Gasteiger charge is -2.10. The molecule has 0 saturated heterocycles. The Morgan fingerprint density at radius 1 is 1.35 bits per heavy atom. The highest BCUT2D eigenvalue weighted by atomic mass is 32.2. The van der Waals surface area contributed by atoms with Crippen LogP contribution in [0.5, 0.6) is 5.75 Å². The Morgan fingerprint density at radius 3 is 2.52 bits per heavy atom. The molecule has 0 radical (unpaired) electrons. The van der Waals surface area contributed by atoms with E-state index in [4.69, 9.17) is 0 Å². The number of amides is 1. The molecule has 2 N–H and O–H groups in total. The number of aromatic hydroxyl groups is 1. The first-order valence-electron chi connectivity index (χ1n) is 7.04. The normalized spacial score (nSPS) is 11.5. The van der Waals surface area contributed by atoms with Crippen LogP contribution in [0.4, 0.5) is 5.69 Å². The van der Waals surface area contributed by atoms with Gasteiger partial charge in [-0.1, -0.05) is 6.92 Å². The minimum Gasteiger partial charge on any atom is -0.506 e. The van der Waals surface area contributed by atoms with E-state index in [0.717, 1.165) is 0 Å². The predicted octanol–water partition coefficient (Wildman–Crippen LogP) is 1.79. The molecule has 7 nitrogen and oxygen atoms in total. The topological polar surface area (TPSA) is 101 Å². The molecule has 0 aliphatic rings. The summed E-state index contributed by atoms with van der Waals surface area (Å²) in [7, 11) is -1.70. The summed E-state index contributed by atoms with van der Waals surface area (Å²) in [6, 6.07) is 3.82. The molecule has 124 valence electrons. The van der Waals surface area contributed by atoms with Crippen molar-refractivity contribution < 1.29 is 18.3 Å². The molecule has 23 heavy (non-hydrogen) atoms. The lowest BCUT2D eigenvalue weighted by Crippen LogP contribution is -2.15. The number of carbonyl (C=O) groups excluding carboxylic acids is 1. The van der Waals surface area contributed by atoms with E-state index in [2.05, 4.69) is 10.4 Å². The number of hydrogen-bond donors (Lipinski definition) is 2. The first-order valence-corrected chi connectivity index (χ1v) is 8.70. The highest BCUT2D eigenvalue weighted by Crippen LogP contribution is 2.28. The largest absolute Gasteiger partial charge is 0.506 e. The van der Waals surface area contributed by atoms with Crippen molar-refractivity contribution in [3.63, 3.8) is 0 Å². The first-order chi connectivity index (χ1) is 10.7. The molecular formula is C15H19N3O4S. The van der Waals surface area contributed by atoms with Gasteiger partial charge in [0.1, 0.15) is 5.75 Å². The Hall–Kier alpha value is -2.35. The lowest BCUT2D eigenvalue weighted by atomic mass is 10.1. The number of rotatable bonds is 4. The van der Waals surface area contributed by atoms with Gasteiger partial charge < -0.3 is 10.4 Å². The van der Waals surface area contributed by atoms with Crippen LogP contribution in [0.1, 0.15) is 28.7 Å². The maximum Gasteiger partial charge on any atom is 0.259 e. The number of hydrogen-bond acceptors (Lipinski definition) is 5. The molecule has 2 aromatic rings. The summed E-state index contributed by atoms with van der Waals surface area (Å²) in [6.45, 7) is 5.00. The second-order valence-electron chi connectivity index (χ2n) is 5.21. The van der Waals surface area contributed by atoms with E-state index in [1.807, 2.05) is 0 Å². The maximum absolute atomic E-state index is 12.4. The molecule has 0 bridgehead atoms. The minimum absolute atomic E-state index is 0.0483. The van der Waals surface area contributed by atoms with E-state index < -0.39 is 15.7 Å². The van der Waals surface area contributed by atoms with E-state index in [1.54, 1.807) is 25.6 Å². The van der Waals surface area contributed by atoms with Gasteiger partial charge >= 0.3 is 0 Å². The number of phenolic OH excluding ortho intramolecular Hbond substituents is 1. The number of sulfone groups is 1. The molecule has 0 aliphatic carbocycles. The fourth-order valence-electron chi connectivity index (χ4n) is 2.26. The number of benzene rings is 1. The molecule has 8 heteroatoms. The van der Waals surface area contributed by atoms with Gasteiger partial charge in [0.05, 0.1) is 27.6 Å². The molecule has 0 unspecified atom stereocenters. The molecule has 0 aliphatic heterocycles. The van der Waals surface area contributed by atoms with Gasteiger partial charge in [0, 0.05) is 12.7 Å². The molecular weight excluding hydrogens is 318 g/mol. The van der Waals surface area contributed by atoms with Gasteiger partial charge in [-0.05, 0) is 32.0 Å². The number of carbonyl (C=O) groups is 1. The first kappa shape index (κ1) is 17.0. The second kappa shape index (κ2) is 6.04. The van der Waals surface area contributed by atoms with Gasteiger partial charge in [0.25, 0.3) is 5.91 Å². The Morgan fingerprint density at radius 2 is 2.00 bits per heavy atom. The molecule has 0 saturated carbocycles. The van der Waals surface area contributed by atoms with E-state index in [1.165, 1.54) is 25.1 Å². The van der Waals surface area contributed by atoms with Crippen molar-refractivity contribution in [3.05, 3.63) is 35.2 Å². The highest BCUT2D eigenvalue weighted by Gasteiger charge is 2.20. The molecule has 0 atom stereocenters. The zero-order valence-corrected chi connectivity index (χ0v) is 14.2. The van der Waals surface area contributed by atoms with Gasteiger partial charge in [-0.15, -0.1) is 0 Å². The number of nitrogens with one attached hydrogen (secondary N) is 1. The standard InChI is InChI=1S/C15H19N3O4S/c1-5-23(21,22)11-6-7-13(19)12(8-11)16-15(20)14-9(2)17-18(4)10(14)3/h6-8,19H,5H2,1-4H3,(H,16,20). The zero-order chi connectivity index (χ0) is 17.4. The van der Waals surface area contributed by atoms with E-state index in [-0.39, 0.29) is 22.1 Å². The van der Waals surface area contributed by atoms with Crippen molar-refractivity contribution in [2.45, 2.75) is 25.7 Å². The molecule has 2 rings (SSSR count). The molecule has 0 spiro atoms. The van der Waals surface area contributed by atoms with Gasteiger partial charge in [0.2, 0.25) is 0 Å². The average Bonchev–Trinajstić information content (AvgIpc) is 2.74. The Balaban J connectivity index is 2.40. The molecule has 0 fully saturated rings. The van der Waals surface area contributed by atoms with Gasteiger partial charge in [-0.2, -0.15) is 5.10 Å². The van der Waals surface area contributed by atoms with Gasteiger partial charge in [-0.25, -0.2) is 8.42 Å². The van der Waals surface area contributed by atoms with Crippen LogP contribution in [0.15, 0.2) is 23.1 Å². The summed E-state index contributed by atoms with van der Waals surface area (Å²) in [5.74, 6) is -0.714. The van der Waals surface area contributed by atoms with Crippen LogP contribution in [0.25, 0.3) is 0 Å². The SMILES string of the molecule is CCS(=O)(=O)c1ccc(O)c(NC(=O)c2c(C)nn(C)c2C)c1. The van der Waals surface area contributed by atoms with E-state index in [0.29, 0.717) is 17.0 Å². The van der Waals surface area contributed by atoms with E-state index >= 15 is 0 Å². The van der Waals surface area contributed by atoms with Crippen molar-refractivity contribution in [3.8, 4) is 5.75 Å². The predicted molar refractivity (Wildman–Crippen MR) is 86.5 cm³/mol. The lowest BCUT2D eigenvalue weighted by molar-refractivity contribution is 0.102. The molecule has 1 aromatic heterocycles. The van der Waals surface area contributed by atoms with Crippen molar-refractivity contribution >= 4 is 21.4 Å². The summed E-state index contributed by atoms with van der Waals surface area (Å²) >= 11 is 0. The molecule has 1 aromatic carbocycles. The van der Waals surface area contributed by atoms with Crippen molar-refractivity contribution in [2.75, 3.05) is 11.1 Å². The van der Waals surface area contributed by atoms with Crippen LogP contribution in [-0.4, -0.2) is 35.0 Å². The van der Waals surface area contributed by atoms with Crippen molar-refractivity contribution in [1.82, 2.24) is 9.78 Å². The third-order valence-electron chi connectivity index (χ3n) is 3.69. The number of phenols is 1. The van der Waals surface area contributed by atoms with Gasteiger partial charge in [-0.3, -0.25) is 9.48 Å². The van der Waals surface area contributed by atoms with Crippen LogP contribution in [0, 0.1) is 13.8 Å². The summed E-state index contributed by atoms with van der Waals surface area (Å²) in [4.78, 5) is 12.5.